The number of amides is 1. The summed E-state index contributed by atoms with van der Waals surface area (Å²) in [6.45, 7) is 2.21. The highest BCUT2D eigenvalue weighted by Gasteiger charge is 2.36. The van der Waals surface area contributed by atoms with E-state index in [0.29, 0.717) is 12.3 Å². The summed E-state index contributed by atoms with van der Waals surface area (Å²) < 4.78 is 0. The number of nitriles is 1. The number of hydrogen-bond acceptors (Lipinski definition) is 3. The Kier molecular flexibility index (Phi) is 5.77. The van der Waals surface area contributed by atoms with Crippen molar-refractivity contribution in [3.8, 4) is 6.07 Å². The Morgan fingerprint density at radius 1 is 1.25 bits per heavy atom. The van der Waals surface area contributed by atoms with Gasteiger partial charge in [0, 0.05) is 6.42 Å². The predicted octanol–water partition coefficient (Wildman–Crippen LogP) is 3.50. The molecule has 0 spiro atoms. The largest absolute Gasteiger partial charge is 0.338 e. The summed E-state index contributed by atoms with van der Waals surface area (Å²) in [4.78, 5) is 12.2. The van der Waals surface area contributed by atoms with Gasteiger partial charge in [-0.2, -0.15) is 17.0 Å². The van der Waals surface area contributed by atoms with Crippen LogP contribution in [0.25, 0.3) is 0 Å². The van der Waals surface area contributed by atoms with E-state index in [-0.39, 0.29) is 5.91 Å². The molecule has 0 aromatic rings. The monoisotopic (exact) mass is 294 g/mol. The molecular formula is C16H26N2OS. The first-order chi connectivity index (χ1) is 9.67. The molecule has 0 radical (unpaired) electrons. The van der Waals surface area contributed by atoms with Gasteiger partial charge >= 0.3 is 0 Å². The van der Waals surface area contributed by atoms with Crippen molar-refractivity contribution < 1.29 is 4.79 Å². The van der Waals surface area contributed by atoms with Gasteiger partial charge < -0.3 is 5.32 Å². The Balaban J connectivity index is 1.83. The lowest BCUT2D eigenvalue weighted by Gasteiger charge is -2.35. The highest BCUT2D eigenvalue weighted by molar-refractivity contribution is 7.99. The second-order valence-corrected chi connectivity index (χ2v) is 7.58. The summed E-state index contributed by atoms with van der Waals surface area (Å²) in [6, 6.07) is 2.39. The van der Waals surface area contributed by atoms with Gasteiger partial charge in [0.25, 0.3) is 0 Å². The molecule has 1 aliphatic carbocycles. The normalized spacial score (nSPS) is 31.5. The minimum atomic E-state index is -0.577. The molecule has 1 saturated carbocycles. The van der Waals surface area contributed by atoms with Crippen molar-refractivity contribution in [3.63, 3.8) is 0 Å². The summed E-state index contributed by atoms with van der Waals surface area (Å²) in [5, 5.41) is 12.6. The van der Waals surface area contributed by atoms with Crippen molar-refractivity contribution in [2.45, 2.75) is 63.8 Å². The van der Waals surface area contributed by atoms with E-state index in [1.807, 2.05) is 11.8 Å². The van der Waals surface area contributed by atoms with E-state index in [0.717, 1.165) is 44.4 Å². The third kappa shape index (κ3) is 4.15. The number of hydrogen-bond donors (Lipinski definition) is 1. The smallest absolute Gasteiger partial charge is 0.221 e. The summed E-state index contributed by atoms with van der Waals surface area (Å²) in [6.07, 6.45) is 7.90. The molecule has 3 nitrogen and oxygen atoms in total. The standard InChI is InChI=1S/C16H26N2OS/c1-2-13-3-7-16(12-17,8-4-13)18-15(19)11-14-5-9-20-10-6-14/h13-14H,2-11H2,1H3,(H,18,19). The molecular weight excluding hydrogens is 268 g/mol. The van der Waals surface area contributed by atoms with Crippen LogP contribution in [0.15, 0.2) is 0 Å². The van der Waals surface area contributed by atoms with E-state index >= 15 is 0 Å². The van der Waals surface area contributed by atoms with Gasteiger partial charge in [-0.3, -0.25) is 4.79 Å². The average molecular weight is 294 g/mol. The molecule has 0 aromatic carbocycles. The van der Waals surface area contributed by atoms with Gasteiger partial charge in [0.1, 0.15) is 5.54 Å². The Hall–Kier alpha value is -0.690. The molecule has 112 valence electrons. The minimum Gasteiger partial charge on any atom is -0.338 e. The lowest BCUT2D eigenvalue weighted by molar-refractivity contribution is -0.123. The van der Waals surface area contributed by atoms with Gasteiger partial charge in [0.05, 0.1) is 6.07 Å². The fraction of sp³-hybridized carbons (Fsp3) is 0.875. The van der Waals surface area contributed by atoms with E-state index in [1.165, 1.54) is 17.9 Å². The van der Waals surface area contributed by atoms with Crippen LogP contribution in [0.3, 0.4) is 0 Å². The quantitative estimate of drug-likeness (QED) is 0.863. The fourth-order valence-electron chi connectivity index (χ4n) is 3.37. The molecule has 2 fully saturated rings. The second kappa shape index (κ2) is 7.36. The lowest BCUT2D eigenvalue weighted by Crippen LogP contribution is -2.50. The molecule has 0 unspecified atom stereocenters. The Morgan fingerprint density at radius 2 is 1.90 bits per heavy atom. The van der Waals surface area contributed by atoms with Crippen LogP contribution in [0.2, 0.25) is 0 Å². The van der Waals surface area contributed by atoms with Crippen LogP contribution < -0.4 is 5.32 Å². The summed E-state index contributed by atoms with van der Waals surface area (Å²) in [5.41, 5.74) is -0.577. The maximum Gasteiger partial charge on any atom is 0.221 e. The molecule has 4 heteroatoms. The number of nitrogens with zero attached hydrogens (tertiary/aromatic N) is 1. The number of rotatable bonds is 4. The summed E-state index contributed by atoms with van der Waals surface area (Å²) in [7, 11) is 0. The molecule has 1 amide bonds. The Bertz CT molecular complexity index is 363. The van der Waals surface area contributed by atoms with Gasteiger partial charge in [-0.05, 0) is 61.9 Å². The first-order valence-electron chi connectivity index (χ1n) is 7.97. The van der Waals surface area contributed by atoms with Crippen molar-refractivity contribution in [2.24, 2.45) is 11.8 Å². The first kappa shape index (κ1) is 15.7. The van der Waals surface area contributed by atoms with Crippen molar-refractivity contribution in [2.75, 3.05) is 11.5 Å². The molecule has 0 atom stereocenters. The molecule has 1 saturated heterocycles. The molecule has 1 heterocycles. The van der Waals surface area contributed by atoms with Gasteiger partial charge in [-0.15, -0.1) is 0 Å². The van der Waals surface area contributed by atoms with E-state index in [2.05, 4.69) is 18.3 Å². The summed E-state index contributed by atoms with van der Waals surface area (Å²) >= 11 is 1.98. The van der Waals surface area contributed by atoms with Crippen molar-refractivity contribution in [1.29, 1.82) is 5.26 Å². The molecule has 1 aliphatic heterocycles. The van der Waals surface area contributed by atoms with E-state index < -0.39 is 5.54 Å². The van der Waals surface area contributed by atoms with Gasteiger partial charge in [-0.1, -0.05) is 13.3 Å². The van der Waals surface area contributed by atoms with Crippen molar-refractivity contribution in [1.82, 2.24) is 5.32 Å². The maximum atomic E-state index is 12.2. The fourth-order valence-corrected chi connectivity index (χ4v) is 4.58. The van der Waals surface area contributed by atoms with Crippen LogP contribution >= 0.6 is 11.8 Å². The molecule has 0 aromatic heterocycles. The van der Waals surface area contributed by atoms with Gasteiger partial charge in [-0.25, -0.2) is 0 Å². The number of thioether (sulfide) groups is 1. The molecule has 2 rings (SSSR count). The first-order valence-corrected chi connectivity index (χ1v) is 9.13. The van der Waals surface area contributed by atoms with Crippen molar-refractivity contribution in [3.05, 3.63) is 0 Å². The number of carbonyl (C=O) groups excluding carboxylic acids is 1. The Morgan fingerprint density at radius 3 is 2.45 bits per heavy atom. The molecule has 2 aliphatic rings. The van der Waals surface area contributed by atoms with E-state index in [1.54, 1.807) is 0 Å². The number of nitrogens with one attached hydrogen (secondary N) is 1. The van der Waals surface area contributed by atoms with Gasteiger partial charge in [0.2, 0.25) is 5.91 Å². The van der Waals surface area contributed by atoms with E-state index in [9.17, 15) is 10.1 Å². The van der Waals surface area contributed by atoms with Crippen LogP contribution in [0, 0.1) is 23.2 Å². The van der Waals surface area contributed by atoms with Crippen LogP contribution in [-0.4, -0.2) is 23.0 Å². The van der Waals surface area contributed by atoms with Crippen LogP contribution in [0.4, 0.5) is 0 Å². The van der Waals surface area contributed by atoms with Crippen LogP contribution in [-0.2, 0) is 4.79 Å². The molecule has 20 heavy (non-hydrogen) atoms. The van der Waals surface area contributed by atoms with Gasteiger partial charge in [0.15, 0.2) is 0 Å². The Labute approximate surface area is 126 Å². The number of carbonyl (C=O) groups is 1. The highest BCUT2D eigenvalue weighted by Crippen LogP contribution is 2.34. The zero-order valence-electron chi connectivity index (χ0n) is 12.5. The topological polar surface area (TPSA) is 52.9 Å². The molecule has 1 N–H and O–H groups in total. The highest BCUT2D eigenvalue weighted by atomic mass is 32.2. The summed E-state index contributed by atoms with van der Waals surface area (Å²) in [5.74, 6) is 3.72. The van der Waals surface area contributed by atoms with Crippen LogP contribution in [0.1, 0.15) is 58.3 Å². The third-order valence-corrected chi connectivity index (χ3v) is 5.99. The van der Waals surface area contributed by atoms with Crippen molar-refractivity contribution >= 4 is 17.7 Å². The zero-order chi connectivity index (χ0) is 14.4. The SMILES string of the molecule is CCC1CCC(C#N)(NC(=O)CC2CCSCC2)CC1. The van der Waals surface area contributed by atoms with Crippen LogP contribution in [0.5, 0.6) is 0 Å². The average Bonchev–Trinajstić information content (AvgIpc) is 2.49. The zero-order valence-corrected chi connectivity index (χ0v) is 13.3. The molecule has 0 bridgehead atoms. The second-order valence-electron chi connectivity index (χ2n) is 6.35. The maximum absolute atomic E-state index is 12.2. The lowest BCUT2D eigenvalue weighted by atomic mass is 9.76. The predicted molar refractivity (Wildman–Crippen MR) is 83.4 cm³/mol. The minimum absolute atomic E-state index is 0.0957. The third-order valence-electron chi connectivity index (χ3n) is 4.94. The van der Waals surface area contributed by atoms with E-state index in [4.69, 9.17) is 0 Å².